The maximum Gasteiger partial charge on any atom is 0.264 e. The average molecular weight is 457 g/mol. The second-order valence-electron chi connectivity index (χ2n) is 7.19. The van der Waals surface area contributed by atoms with Crippen molar-refractivity contribution >= 4 is 21.6 Å². The topological polar surface area (TPSA) is 75.7 Å². The maximum absolute atomic E-state index is 13.3. The molecule has 0 aliphatic heterocycles. The highest BCUT2D eigenvalue weighted by Crippen LogP contribution is 2.24. The Morgan fingerprint density at radius 1 is 0.969 bits per heavy atom. The predicted molar refractivity (Wildman–Crippen MR) is 121 cm³/mol. The van der Waals surface area contributed by atoms with Gasteiger partial charge in [-0.2, -0.15) is 0 Å². The van der Waals surface area contributed by atoms with E-state index in [-0.39, 0.29) is 18.0 Å². The van der Waals surface area contributed by atoms with Gasteiger partial charge in [0.25, 0.3) is 10.0 Å². The fourth-order valence-corrected chi connectivity index (χ4v) is 4.39. The summed E-state index contributed by atoms with van der Waals surface area (Å²) in [7, 11) is -4.08. The van der Waals surface area contributed by atoms with Gasteiger partial charge < -0.3 is 10.1 Å². The summed E-state index contributed by atoms with van der Waals surface area (Å²) < 4.78 is 46.2. The summed E-state index contributed by atoms with van der Waals surface area (Å²) in [5.74, 6) is -1.02. The van der Waals surface area contributed by atoms with Crippen LogP contribution in [0.5, 0.6) is 0 Å². The van der Waals surface area contributed by atoms with Crippen LogP contribution in [-0.2, 0) is 26.2 Å². The number of rotatable bonds is 10. The van der Waals surface area contributed by atoms with Crippen molar-refractivity contribution in [3.8, 4) is 0 Å². The van der Waals surface area contributed by atoms with Gasteiger partial charge in [-0.15, -0.1) is 0 Å². The number of amides is 1. The molecule has 8 heteroatoms. The van der Waals surface area contributed by atoms with Crippen LogP contribution in [0.4, 0.5) is 10.1 Å². The van der Waals surface area contributed by atoms with Gasteiger partial charge in [0.05, 0.1) is 23.8 Å². The van der Waals surface area contributed by atoms with Gasteiger partial charge >= 0.3 is 0 Å². The molecule has 3 rings (SSSR count). The third-order valence-electron chi connectivity index (χ3n) is 4.69. The number of halogens is 1. The minimum atomic E-state index is -4.08. The van der Waals surface area contributed by atoms with E-state index in [1.807, 2.05) is 37.3 Å². The number of hydrogen-bond donors (Lipinski definition) is 1. The molecule has 0 bridgehead atoms. The quantitative estimate of drug-likeness (QED) is 0.473. The first-order chi connectivity index (χ1) is 15.4. The van der Waals surface area contributed by atoms with Crippen LogP contribution in [0.15, 0.2) is 83.8 Å². The molecule has 0 spiro atoms. The molecule has 6 nitrogen and oxygen atoms in total. The Bertz CT molecular complexity index is 1120. The molecule has 0 saturated carbocycles. The SMILES string of the molecule is Cc1ccc(N(CC(=O)NCCOCc2ccccc2)S(=O)(=O)c2ccc(F)cc2)cc1. The zero-order valence-corrected chi connectivity index (χ0v) is 18.5. The Morgan fingerprint density at radius 3 is 2.28 bits per heavy atom. The van der Waals surface area contributed by atoms with Crippen LogP contribution in [0.3, 0.4) is 0 Å². The molecule has 0 aliphatic carbocycles. The largest absolute Gasteiger partial charge is 0.375 e. The van der Waals surface area contributed by atoms with E-state index < -0.39 is 28.3 Å². The molecule has 0 unspecified atom stereocenters. The molecular formula is C24H25FN2O4S. The summed E-state index contributed by atoms with van der Waals surface area (Å²) >= 11 is 0. The van der Waals surface area contributed by atoms with Crippen LogP contribution in [0.2, 0.25) is 0 Å². The Balaban J connectivity index is 1.65. The lowest BCUT2D eigenvalue weighted by Crippen LogP contribution is -2.41. The monoisotopic (exact) mass is 456 g/mol. The highest BCUT2D eigenvalue weighted by atomic mass is 32.2. The van der Waals surface area contributed by atoms with E-state index in [9.17, 15) is 17.6 Å². The molecule has 0 saturated heterocycles. The molecule has 0 radical (unpaired) electrons. The summed E-state index contributed by atoms with van der Waals surface area (Å²) in [4.78, 5) is 12.4. The molecule has 32 heavy (non-hydrogen) atoms. The van der Waals surface area contributed by atoms with E-state index >= 15 is 0 Å². The number of aryl methyl sites for hydroxylation is 1. The number of anilines is 1. The van der Waals surface area contributed by atoms with E-state index in [1.54, 1.807) is 24.3 Å². The first-order valence-electron chi connectivity index (χ1n) is 10.1. The van der Waals surface area contributed by atoms with Gasteiger partial charge in [-0.3, -0.25) is 9.10 Å². The van der Waals surface area contributed by atoms with Gasteiger partial charge in [0, 0.05) is 6.54 Å². The van der Waals surface area contributed by atoms with Crippen molar-refractivity contribution in [2.75, 3.05) is 24.0 Å². The summed E-state index contributed by atoms with van der Waals surface area (Å²) in [6.07, 6.45) is 0. The number of carbonyl (C=O) groups excluding carboxylic acids is 1. The molecule has 168 valence electrons. The number of carbonyl (C=O) groups is 1. The van der Waals surface area contributed by atoms with Gasteiger partial charge in [-0.1, -0.05) is 48.0 Å². The second kappa shape index (κ2) is 10.9. The van der Waals surface area contributed by atoms with Gasteiger partial charge in [0.15, 0.2) is 0 Å². The Hall–Kier alpha value is -3.23. The van der Waals surface area contributed by atoms with Crippen molar-refractivity contribution in [2.24, 2.45) is 0 Å². The van der Waals surface area contributed by atoms with E-state index in [4.69, 9.17) is 4.74 Å². The zero-order chi connectivity index (χ0) is 23.0. The molecule has 3 aromatic carbocycles. The molecular weight excluding hydrogens is 431 g/mol. The lowest BCUT2D eigenvalue weighted by molar-refractivity contribution is -0.119. The van der Waals surface area contributed by atoms with Crippen molar-refractivity contribution in [3.63, 3.8) is 0 Å². The highest BCUT2D eigenvalue weighted by Gasteiger charge is 2.27. The molecule has 1 amide bonds. The molecule has 0 fully saturated rings. The van der Waals surface area contributed by atoms with Gasteiger partial charge in [-0.05, 0) is 48.9 Å². The van der Waals surface area contributed by atoms with Gasteiger partial charge in [-0.25, -0.2) is 12.8 Å². The molecule has 1 N–H and O–H groups in total. The number of sulfonamides is 1. The lowest BCUT2D eigenvalue weighted by atomic mass is 10.2. The standard InChI is InChI=1S/C24H25FN2O4S/c1-19-7-11-22(12-8-19)27(32(29,30)23-13-9-21(25)10-14-23)17-24(28)26-15-16-31-18-20-5-3-2-4-6-20/h2-14H,15-18H2,1H3,(H,26,28). The van der Waals surface area contributed by atoms with Crippen molar-refractivity contribution < 1.29 is 22.3 Å². The lowest BCUT2D eigenvalue weighted by Gasteiger charge is -2.24. The predicted octanol–water partition coefficient (Wildman–Crippen LogP) is 3.66. The normalized spacial score (nSPS) is 11.2. The molecule has 0 atom stereocenters. The fourth-order valence-electron chi connectivity index (χ4n) is 2.97. The second-order valence-corrected chi connectivity index (χ2v) is 9.05. The third-order valence-corrected chi connectivity index (χ3v) is 6.48. The number of hydrogen-bond acceptors (Lipinski definition) is 4. The highest BCUT2D eigenvalue weighted by molar-refractivity contribution is 7.92. The van der Waals surface area contributed by atoms with Crippen LogP contribution in [0.1, 0.15) is 11.1 Å². The van der Waals surface area contributed by atoms with Crippen molar-refractivity contribution in [1.82, 2.24) is 5.32 Å². The van der Waals surface area contributed by atoms with Crippen LogP contribution in [0.25, 0.3) is 0 Å². The summed E-state index contributed by atoms with van der Waals surface area (Å²) in [6, 6.07) is 20.9. The molecule has 0 aromatic heterocycles. The van der Waals surface area contributed by atoms with Crippen LogP contribution >= 0.6 is 0 Å². The van der Waals surface area contributed by atoms with Crippen LogP contribution in [0, 0.1) is 12.7 Å². The summed E-state index contributed by atoms with van der Waals surface area (Å²) in [5.41, 5.74) is 2.32. The number of nitrogens with one attached hydrogen (secondary N) is 1. The minimum absolute atomic E-state index is 0.0986. The first kappa shape index (κ1) is 23.4. The van der Waals surface area contributed by atoms with E-state index in [0.29, 0.717) is 12.3 Å². The van der Waals surface area contributed by atoms with Gasteiger partial charge in [0.1, 0.15) is 12.4 Å². The Kier molecular flexibility index (Phi) is 7.97. The van der Waals surface area contributed by atoms with Crippen LogP contribution in [-0.4, -0.2) is 34.0 Å². The van der Waals surface area contributed by atoms with Crippen molar-refractivity contribution in [2.45, 2.75) is 18.4 Å². The van der Waals surface area contributed by atoms with E-state index in [2.05, 4.69) is 5.32 Å². The molecule has 0 aliphatic rings. The summed E-state index contributed by atoms with van der Waals surface area (Å²) in [5, 5.41) is 2.68. The smallest absolute Gasteiger partial charge is 0.264 e. The molecule has 0 heterocycles. The van der Waals surface area contributed by atoms with E-state index in [0.717, 1.165) is 27.6 Å². The van der Waals surface area contributed by atoms with Crippen LogP contribution < -0.4 is 9.62 Å². The third kappa shape index (κ3) is 6.38. The Morgan fingerprint density at radius 2 is 1.62 bits per heavy atom. The Labute approximate surface area is 187 Å². The molecule has 3 aromatic rings. The van der Waals surface area contributed by atoms with Crippen molar-refractivity contribution in [3.05, 3.63) is 95.8 Å². The fraction of sp³-hybridized carbons (Fsp3) is 0.208. The summed E-state index contributed by atoms with van der Waals surface area (Å²) in [6.45, 7) is 2.41. The van der Waals surface area contributed by atoms with Crippen molar-refractivity contribution in [1.29, 1.82) is 0 Å². The average Bonchev–Trinajstić information content (AvgIpc) is 2.79. The van der Waals surface area contributed by atoms with E-state index in [1.165, 1.54) is 12.1 Å². The number of benzene rings is 3. The maximum atomic E-state index is 13.3. The zero-order valence-electron chi connectivity index (χ0n) is 17.7. The minimum Gasteiger partial charge on any atom is -0.375 e. The first-order valence-corrected chi connectivity index (χ1v) is 11.5. The number of ether oxygens (including phenoxy) is 1. The van der Waals surface area contributed by atoms with Gasteiger partial charge in [0.2, 0.25) is 5.91 Å². The number of nitrogens with zero attached hydrogens (tertiary/aromatic N) is 1.